The third kappa shape index (κ3) is 1.02. The largest absolute Gasteiger partial charge is 0.386 e. The van der Waals surface area contributed by atoms with Gasteiger partial charge in [0.05, 0.1) is 5.60 Å². The van der Waals surface area contributed by atoms with Crippen LogP contribution in [-0.4, -0.2) is 10.7 Å². The molecule has 2 aliphatic carbocycles. The first-order valence-electron chi connectivity index (χ1n) is 4.60. The Kier molecular flexibility index (Phi) is 1.57. The van der Waals surface area contributed by atoms with Crippen LogP contribution in [0.4, 0.5) is 0 Å². The van der Waals surface area contributed by atoms with Crippen LogP contribution in [0.2, 0.25) is 0 Å². The van der Waals surface area contributed by atoms with Gasteiger partial charge in [0.15, 0.2) is 0 Å². The summed E-state index contributed by atoms with van der Waals surface area (Å²) in [6.07, 6.45) is 7.82. The van der Waals surface area contributed by atoms with Crippen molar-refractivity contribution in [2.24, 2.45) is 11.8 Å². The predicted molar refractivity (Wildman–Crippen MR) is 45.2 cm³/mol. The molecular weight excluding hydrogens is 136 g/mol. The predicted octanol–water partition coefficient (Wildman–Crippen LogP) is 2.11. The highest BCUT2D eigenvalue weighted by Gasteiger charge is 2.45. The van der Waals surface area contributed by atoms with Gasteiger partial charge >= 0.3 is 0 Å². The van der Waals surface area contributed by atoms with Crippen molar-refractivity contribution in [1.82, 2.24) is 0 Å². The van der Waals surface area contributed by atoms with E-state index >= 15 is 0 Å². The van der Waals surface area contributed by atoms with Crippen molar-refractivity contribution >= 4 is 0 Å². The van der Waals surface area contributed by atoms with Gasteiger partial charge in [0.25, 0.3) is 0 Å². The number of hydrogen-bond acceptors (Lipinski definition) is 1. The molecule has 0 aliphatic heterocycles. The van der Waals surface area contributed by atoms with Crippen molar-refractivity contribution in [2.75, 3.05) is 0 Å². The van der Waals surface area contributed by atoms with Crippen molar-refractivity contribution in [2.45, 2.75) is 37.7 Å². The lowest BCUT2D eigenvalue weighted by Gasteiger charge is -2.26. The van der Waals surface area contributed by atoms with Gasteiger partial charge in [0.1, 0.15) is 0 Å². The molecule has 0 aromatic carbocycles. The number of rotatable bonds is 1. The number of hydrogen-bond donors (Lipinski definition) is 1. The molecule has 0 amide bonds. The normalized spacial score (nSPS) is 49.2. The Morgan fingerprint density at radius 2 is 2.27 bits per heavy atom. The fourth-order valence-electron chi connectivity index (χ4n) is 2.81. The fraction of sp³-hybridized carbons (Fsp3) is 0.800. The van der Waals surface area contributed by atoms with Gasteiger partial charge in [-0.25, -0.2) is 0 Å². The van der Waals surface area contributed by atoms with E-state index in [0.29, 0.717) is 5.92 Å². The molecule has 2 aliphatic rings. The van der Waals surface area contributed by atoms with Gasteiger partial charge in [-0.3, -0.25) is 0 Å². The quantitative estimate of drug-likeness (QED) is 0.570. The van der Waals surface area contributed by atoms with Gasteiger partial charge in [-0.15, -0.1) is 6.58 Å². The summed E-state index contributed by atoms with van der Waals surface area (Å²) < 4.78 is 0. The Labute approximate surface area is 68.1 Å². The van der Waals surface area contributed by atoms with E-state index in [0.717, 1.165) is 12.3 Å². The Hall–Kier alpha value is -0.300. The van der Waals surface area contributed by atoms with Gasteiger partial charge in [0.2, 0.25) is 0 Å². The maximum atomic E-state index is 10.1. The van der Waals surface area contributed by atoms with Crippen molar-refractivity contribution in [3.05, 3.63) is 12.7 Å². The summed E-state index contributed by atoms with van der Waals surface area (Å²) in [4.78, 5) is 0. The third-order valence-corrected chi connectivity index (χ3v) is 3.46. The molecule has 0 aromatic heterocycles. The molecule has 3 atom stereocenters. The van der Waals surface area contributed by atoms with Crippen LogP contribution in [0.15, 0.2) is 12.7 Å². The monoisotopic (exact) mass is 152 g/mol. The van der Waals surface area contributed by atoms with Gasteiger partial charge in [0, 0.05) is 0 Å². The Bertz CT molecular complexity index is 176. The molecule has 2 bridgehead atoms. The lowest BCUT2D eigenvalue weighted by Crippen LogP contribution is -2.29. The van der Waals surface area contributed by atoms with E-state index in [-0.39, 0.29) is 0 Å². The Balaban J connectivity index is 2.20. The second-order valence-electron chi connectivity index (χ2n) is 4.13. The summed E-state index contributed by atoms with van der Waals surface area (Å²) in [7, 11) is 0. The molecule has 0 aromatic rings. The van der Waals surface area contributed by atoms with Gasteiger partial charge in [-0.1, -0.05) is 18.9 Å². The first kappa shape index (κ1) is 7.35. The van der Waals surface area contributed by atoms with Crippen molar-refractivity contribution < 1.29 is 5.11 Å². The standard InChI is InChI=1S/C10H16O/c1-2-10(11)7-8-4-3-5-9(10)6-8/h2,8-9,11H,1,3-7H2. The zero-order valence-corrected chi connectivity index (χ0v) is 6.92. The van der Waals surface area contributed by atoms with Crippen LogP contribution in [0.1, 0.15) is 32.1 Å². The molecule has 2 rings (SSSR count). The summed E-state index contributed by atoms with van der Waals surface area (Å²) in [5.74, 6) is 1.32. The average Bonchev–Trinajstić information content (AvgIpc) is 2.25. The molecule has 1 heteroatoms. The van der Waals surface area contributed by atoms with E-state index in [1.54, 1.807) is 6.08 Å². The van der Waals surface area contributed by atoms with E-state index in [2.05, 4.69) is 6.58 Å². The molecule has 3 unspecified atom stereocenters. The van der Waals surface area contributed by atoms with E-state index in [1.165, 1.54) is 25.7 Å². The molecule has 1 N–H and O–H groups in total. The van der Waals surface area contributed by atoms with Gasteiger partial charge in [-0.05, 0) is 31.1 Å². The van der Waals surface area contributed by atoms with E-state index in [9.17, 15) is 5.11 Å². The molecule has 62 valence electrons. The SMILES string of the molecule is C=CC1(O)CC2CCCC1C2. The van der Waals surface area contributed by atoms with Gasteiger partial charge in [-0.2, -0.15) is 0 Å². The number of fused-ring (bicyclic) bond motifs is 2. The molecule has 2 fully saturated rings. The highest BCUT2D eigenvalue weighted by atomic mass is 16.3. The van der Waals surface area contributed by atoms with Crippen LogP contribution in [0.3, 0.4) is 0 Å². The van der Waals surface area contributed by atoms with Crippen LogP contribution in [-0.2, 0) is 0 Å². The minimum absolute atomic E-state index is 0.499. The zero-order chi connectivity index (χ0) is 7.90. The van der Waals surface area contributed by atoms with E-state index < -0.39 is 5.60 Å². The molecule has 0 radical (unpaired) electrons. The molecule has 0 spiro atoms. The van der Waals surface area contributed by atoms with Crippen LogP contribution in [0.25, 0.3) is 0 Å². The minimum Gasteiger partial charge on any atom is -0.386 e. The summed E-state index contributed by atoms with van der Waals surface area (Å²) >= 11 is 0. The molecule has 0 heterocycles. The maximum absolute atomic E-state index is 10.1. The van der Waals surface area contributed by atoms with Crippen LogP contribution >= 0.6 is 0 Å². The average molecular weight is 152 g/mol. The lowest BCUT2D eigenvalue weighted by molar-refractivity contribution is 0.0493. The smallest absolute Gasteiger partial charge is 0.0855 e. The first-order chi connectivity index (χ1) is 5.24. The van der Waals surface area contributed by atoms with Crippen molar-refractivity contribution in [3.63, 3.8) is 0 Å². The second-order valence-corrected chi connectivity index (χ2v) is 4.13. The summed E-state index contributed by atoms with van der Waals surface area (Å²) in [6.45, 7) is 3.72. The highest BCUT2D eigenvalue weighted by Crippen LogP contribution is 2.48. The maximum Gasteiger partial charge on any atom is 0.0855 e. The van der Waals surface area contributed by atoms with Crippen LogP contribution < -0.4 is 0 Å². The Morgan fingerprint density at radius 3 is 2.91 bits per heavy atom. The zero-order valence-electron chi connectivity index (χ0n) is 6.92. The molecular formula is C10H16O. The van der Waals surface area contributed by atoms with Crippen molar-refractivity contribution in [1.29, 1.82) is 0 Å². The fourth-order valence-corrected chi connectivity index (χ4v) is 2.81. The summed E-state index contributed by atoms with van der Waals surface area (Å²) in [5, 5.41) is 10.1. The van der Waals surface area contributed by atoms with E-state index in [4.69, 9.17) is 0 Å². The van der Waals surface area contributed by atoms with E-state index in [1.807, 2.05) is 0 Å². The van der Waals surface area contributed by atoms with Crippen LogP contribution in [0.5, 0.6) is 0 Å². The van der Waals surface area contributed by atoms with Crippen LogP contribution in [0, 0.1) is 11.8 Å². The first-order valence-corrected chi connectivity index (χ1v) is 4.60. The third-order valence-electron chi connectivity index (χ3n) is 3.46. The van der Waals surface area contributed by atoms with Crippen molar-refractivity contribution in [3.8, 4) is 0 Å². The molecule has 11 heavy (non-hydrogen) atoms. The lowest BCUT2D eigenvalue weighted by atomic mass is 9.85. The topological polar surface area (TPSA) is 20.2 Å². The summed E-state index contributed by atoms with van der Waals surface area (Å²) in [5.41, 5.74) is -0.499. The van der Waals surface area contributed by atoms with Gasteiger partial charge < -0.3 is 5.11 Å². The molecule has 0 saturated heterocycles. The summed E-state index contributed by atoms with van der Waals surface area (Å²) in [6, 6.07) is 0. The highest BCUT2D eigenvalue weighted by molar-refractivity contribution is 5.08. The minimum atomic E-state index is -0.499. The second kappa shape index (κ2) is 2.34. The molecule has 1 nitrogen and oxygen atoms in total. The molecule has 2 saturated carbocycles. The number of aliphatic hydroxyl groups is 1. The Morgan fingerprint density at radius 1 is 1.45 bits per heavy atom.